The zero-order chi connectivity index (χ0) is 30.0. The highest BCUT2D eigenvalue weighted by Gasteiger charge is 2.23. The van der Waals surface area contributed by atoms with Crippen LogP contribution >= 0.6 is 0 Å². The summed E-state index contributed by atoms with van der Waals surface area (Å²) < 4.78 is 2.42. The van der Waals surface area contributed by atoms with E-state index in [1.54, 1.807) is 0 Å². The van der Waals surface area contributed by atoms with E-state index in [-0.39, 0.29) is 0 Å². The fourth-order valence-corrected chi connectivity index (χ4v) is 6.75. The Morgan fingerprint density at radius 2 is 1.39 bits per heavy atom. The van der Waals surface area contributed by atoms with E-state index in [2.05, 4.69) is 171 Å². The van der Waals surface area contributed by atoms with Crippen molar-refractivity contribution >= 4 is 22.4 Å². The molecular weight excluding hydrogens is 530 g/mol. The number of fused-ring (bicyclic) bond motifs is 3. The molecule has 0 spiro atoms. The number of rotatable bonds is 6. The zero-order valence-electron chi connectivity index (χ0n) is 25.8. The van der Waals surface area contributed by atoms with Gasteiger partial charge in [0.1, 0.15) is 0 Å². The molecule has 0 radical (unpaired) electrons. The van der Waals surface area contributed by atoms with E-state index in [4.69, 9.17) is 0 Å². The van der Waals surface area contributed by atoms with Crippen molar-refractivity contribution in [2.45, 2.75) is 33.7 Å². The van der Waals surface area contributed by atoms with Crippen LogP contribution in [0.15, 0.2) is 145 Å². The van der Waals surface area contributed by atoms with Gasteiger partial charge in [-0.2, -0.15) is 4.57 Å². The summed E-state index contributed by atoms with van der Waals surface area (Å²) in [5.41, 5.74) is 14.5. The minimum Gasteiger partial charge on any atom is -0.198 e. The summed E-state index contributed by atoms with van der Waals surface area (Å²) in [4.78, 5) is 0. The highest BCUT2D eigenvalue weighted by atomic mass is 15.0. The lowest BCUT2D eigenvalue weighted by atomic mass is 9.83. The molecule has 5 aromatic carbocycles. The van der Waals surface area contributed by atoms with Gasteiger partial charge in [-0.1, -0.05) is 128 Å². The Morgan fingerprint density at radius 1 is 0.636 bits per heavy atom. The minimum atomic E-state index is 0.342. The second-order valence-electron chi connectivity index (χ2n) is 12.0. The largest absolute Gasteiger partial charge is 0.212 e. The molecule has 0 saturated carbocycles. The van der Waals surface area contributed by atoms with E-state index in [1.807, 2.05) is 0 Å². The molecule has 0 fully saturated rings. The molecule has 0 amide bonds. The summed E-state index contributed by atoms with van der Waals surface area (Å²) >= 11 is 0. The first-order valence-corrected chi connectivity index (χ1v) is 15.7. The average Bonchev–Trinajstić information content (AvgIpc) is 3.20. The predicted molar refractivity (Wildman–Crippen MR) is 186 cm³/mol. The quantitative estimate of drug-likeness (QED) is 0.176. The van der Waals surface area contributed by atoms with Crippen LogP contribution in [-0.2, 0) is 13.0 Å². The van der Waals surface area contributed by atoms with Gasteiger partial charge in [0.05, 0.1) is 0 Å². The fourth-order valence-electron chi connectivity index (χ4n) is 6.75. The number of aryl methyl sites for hydroxylation is 3. The van der Waals surface area contributed by atoms with Gasteiger partial charge in [0.25, 0.3) is 0 Å². The van der Waals surface area contributed by atoms with Crippen LogP contribution < -0.4 is 4.57 Å². The van der Waals surface area contributed by atoms with Crippen LogP contribution in [0.2, 0.25) is 0 Å². The Labute approximate surface area is 261 Å². The first-order chi connectivity index (χ1) is 21.6. The Balaban J connectivity index is 1.38. The molecule has 1 atom stereocenters. The lowest BCUT2D eigenvalue weighted by Gasteiger charge is -2.21. The van der Waals surface area contributed by atoms with Crippen molar-refractivity contribution in [1.29, 1.82) is 0 Å². The number of aromatic nitrogens is 1. The maximum atomic E-state index is 2.44. The summed E-state index contributed by atoms with van der Waals surface area (Å²) in [6.07, 6.45) is 7.88. The number of hydrogen-bond donors (Lipinski definition) is 0. The van der Waals surface area contributed by atoms with Gasteiger partial charge >= 0.3 is 0 Å². The van der Waals surface area contributed by atoms with Crippen molar-refractivity contribution in [3.8, 4) is 22.4 Å². The van der Waals surface area contributed by atoms with Gasteiger partial charge in [0, 0.05) is 24.1 Å². The number of nitrogens with zero attached hydrogens (tertiary/aromatic N) is 1. The van der Waals surface area contributed by atoms with Crippen LogP contribution in [0.4, 0.5) is 0 Å². The SMILES string of the molecule is CC1=C(c2ccc(-c3ccccc3)cc2CC[n+]2ccccc2-c2ccccc2C)c2ccc3ccccc3c2C=CC1C. The monoisotopic (exact) mass is 568 g/mol. The molecule has 1 aliphatic rings. The summed E-state index contributed by atoms with van der Waals surface area (Å²) in [5, 5.41) is 2.59. The van der Waals surface area contributed by atoms with Crippen molar-refractivity contribution < 1.29 is 4.57 Å². The molecular formula is C43H38N+. The van der Waals surface area contributed by atoms with Gasteiger partial charge in [-0.15, -0.1) is 0 Å². The molecule has 1 nitrogen and oxygen atoms in total. The number of allylic oxidation sites excluding steroid dienone is 2. The van der Waals surface area contributed by atoms with Crippen molar-refractivity contribution in [2.24, 2.45) is 5.92 Å². The maximum absolute atomic E-state index is 2.44. The van der Waals surface area contributed by atoms with E-state index < -0.39 is 0 Å². The molecule has 214 valence electrons. The highest BCUT2D eigenvalue weighted by molar-refractivity contribution is 6.00. The lowest BCUT2D eigenvalue weighted by molar-refractivity contribution is -0.685. The summed E-state index contributed by atoms with van der Waals surface area (Å²) in [6, 6.07) is 46.5. The van der Waals surface area contributed by atoms with E-state index in [0.717, 1.165) is 13.0 Å². The summed E-state index contributed by atoms with van der Waals surface area (Å²) in [6.45, 7) is 7.74. The van der Waals surface area contributed by atoms with Crippen LogP contribution in [0, 0.1) is 12.8 Å². The van der Waals surface area contributed by atoms with Gasteiger partial charge in [0.15, 0.2) is 12.7 Å². The van der Waals surface area contributed by atoms with Crippen LogP contribution in [-0.4, -0.2) is 0 Å². The molecule has 1 aromatic heterocycles. The van der Waals surface area contributed by atoms with Crippen molar-refractivity contribution in [2.75, 3.05) is 0 Å². The topological polar surface area (TPSA) is 3.88 Å². The van der Waals surface area contributed by atoms with Crippen LogP contribution in [0.5, 0.6) is 0 Å². The van der Waals surface area contributed by atoms with E-state index in [9.17, 15) is 0 Å². The molecule has 0 saturated heterocycles. The standard InChI is InChI=1S/C43H38N/c1-30-20-23-40-38-18-10-8-16-34(38)21-25-41(40)43(32(30)3)39-24-22-35(33-14-5-4-6-15-33)29-36(39)26-28-44-27-12-11-19-42(44)37-17-9-7-13-31(37)2/h4-25,27,29-30H,26,28H2,1-3H3/q+1. The third-order valence-corrected chi connectivity index (χ3v) is 9.33. The van der Waals surface area contributed by atoms with Gasteiger partial charge < -0.3 is 0 Å². The molecule has 0 aliphatic heterocycles. The van der Waals surface area contributed by atoms with Crippen LogP contribution in [0.3, 0.4) is 0 Å². The second-order valence-corrected chi connectivity index (χ2v) is 12.0. The zero-order valence-corrected chi connectivity index (χ0v) is 25.8. The van der Waals surface area contributed by atoms with E-state index >= 15 is 0 Å². The molecule has 0 bridgehead atoms. The lowest BCUT2D eigenvalue weighted by Crippen LogP contribution is -2.37. The molecule has 44 heavy (non-hydrogen) atoms. The van der Waals surface area contributed by atoms with Crippen molar-refractivity contribution in [1.82, 2.24) is 0 Å². The Kier molecular flexibility index (Phi) is 7.54. The van der Waals surface area contributed by atoms with Gasteiger partial charge in [0.2, 0.25) is 5.69 Å². The molecule has 1 heteroatoms. The summed E-state index contributed by atoms with van der Waals surface area (Å²) in [7, 11) is 0. The van der Waals surface area contributed by atoms with E-state index in [0.29, 0.717) is 5.92 Å². The Bertz CT molecular complexity index is 2040. The number of pyridine rings is 1. The van der Waals surface area contributed by atoms with Crippen LogP contribution in [0.1, 0.15) is 41.7 Å². The molecule has 1 unspecified atom stereocenters. The predicted octanol–water partition coefficient (Wildman–Crippen LogP) is 10.5. The maximum Gasteiger partial charge on any atom is 0.212 e. The Morgan fingerprint density at radius 3 is 2.25 bits per heavy atom. The highest BCUT2D eigenvalue weighted by Crippen LogP contribution is 2.41. The normalized spacial score (nSPS) is 14.5. The molecule has 6 aromatic rings. The molecule has 7 rings (SSSR count). The molecule has 1 heterocycles. The Hall–Kier alpha value is -5.01. The number of hydrogen-bond acceptors (Lipinski definition) is 0. The van der Waals surface area contributed by atoms with Crippen molar-refractivity contribution in [3.05, 3.63) is 173 Å². The first-order valence-electron chi connectivity index (χ1n) is 15.7. The van der Waals surface area contributed by atoms with E-state index in [1.165, 1.54) is 72.1 Å². The first kappa shape index (κ1) is 27.8. The average molecular weight is 569 g/mol. The number of benzene rings is 5. The molecule has 1 aliphatic carbocycles. The third-order valence-electron chi connectivity index (χ3n) is 9.33. The minimum absolute atomic E-state index is 0.342. The van der Waals surface area contributed by atoms with Crippen molar-refractivity contribution in [3.63, 3.8) is 0 Å². The summed E-state index contributed by atoms with van der Waals surface area (Å²) in [5.74, 6) is 0.342. The second kappa shape index (κ2) is 11.9. The van der Waals surface area contributed by atoms with Gasteiger partial charge in [-0.3, -0.25) is 0 Å². The fraction of sp³-hybridized carbons (Fsp3) is 0.140. The van der Waals surface area contributed by atoms with Gasteiger partial charge in [-0.05, 0) is 87.2 Å². The molecule has 0 N–H and O–H groups in total. The van der Waals surface area contributed by atoms with Gasteiger partial charge in [-0.25, -0.2) is 0 Å². The smallest absolute Gasteiger partial charge is 0.198 e. The van der Waals surface area contributed by atoms with Crippen LogP contribution in [0.25, 0.3) is 44.8 Å². The third kappa shape index (κ3) is 5.20.